The van der Waals surface area contributed by atoms with Crippen LogP contribution < -0.4 is 9.47 Å². The van der Waals surface area contributed by atoms with Crippen LogP contribution in [0.1, 0.15) is 35.1 Å². The van der Waals surface area contributed by atoms with Crippen LogP contribution in [0.25, 0.3) is 0 Å². The Morgan fingerprint density at radius 1 is 0.822 bits per heavy atom. The van der Waals surface area contributed by atoms with E-state index in [1.54, 1.807) is 17.0 Å². The SMILES string of the molecule is CN1CC[C@]23c4c5ccc(F)c4O[C@H]2[C@@H](O)C=C[C@H]3C1C5.COC(=O)N1CC[C@]23c4c5ccc(F)c4O[C@H]2[C@@H](O)C=C[C@H]3C1C5. The summed E-state index contributed by atoms with van der Waals surface area (Å²) in [6.45, 7) is 1.49. The first-order valence-corrected chi connectivity index (χ1v) is 16.0. The molecule has 2 aromatic carbocycles. The molecule has 4 aliphatic carbocycles. The Bertz CT molecular complexity index is 1700. The minimum Gasteiger partial charge on any atom is -0.483 e. The molecule has 10 rings (SSSR count). The second-order valence-electron chi connectivity index (χ2n) is 14.0. The highest BCUT2D eigenvalue weighted by molar-refractivity contribution is 5.70. The molecule has 2 fully saturated rings. The predicted molar refractivity (Wildman–Crippen MR) is 158 cm³/mol. The number of ether oxygens (including phenoxy) is 3. The number of amides is 1. The van der Waals surface area contributed by atoms with Gasteiger partial charge in [0.25, 0.3) is 0 Å². The van der Waals surface area contributed by atoms with E-state index in [4.69, 9.17) is 14.2 Å². The molecule has 2 aromatic rings. The molecule has 0 aromatic heterocycles. The summed E-state index contributed by atoms with van der Waals surface area (Å²) in [5.41, 5.74) is 3.45. The van der Waals surface area contributed by atoms with E-state index in [1.807, 2.05) is 18.2 Å². The molecule has 2 saturated heterocycles. The summed E-state index contributed by atoms with van der Waals surface area (Å²) in [6.07, 6.45) is 8.20. The zero-order valence-corrected chi connectivity index (χ0v) is 25.2. The Morgan fingerprint density at radius 2 is 1.33 bits per heavy atom. The normalized spacial score (nSPS) is 40.0. The first kappa shape index (κ1) is 27.8. The van der Waals surface area contributed by atoms with E-state index < -0.39 is 23.7 Å². The van der Waals surface area contributed by atoms with Gasteiger partial charge in [0, 0.05) is 52.4 Å². The monoisotopic (exact) mass is 618 g/mol. The number of hydrogen-bond acceptors (Lipinski definition) is 7. The van der Waals surface area contributed by atoms with Gasteiger partial charge in [0.15, 0.2) is 23.1 Å². The average molecular weight is 619 g/mol. The van der Waals surface area contributed by atoms with Gasteiger partial charge in [-0.05, 0) is 62.5 Å². The molecular weight excluding hydrogens is 582 g/mol. The van der Waals surface area contributed by atoms with Crippen LogP contribution in [0.15, 0.2) is 48.6 Å². The molecule has 4 heterocycles. The van der Waals surface area contributed by atoms with Crippen LogP contribution in [-0.2, 0) is 28.4 Å². The molecule has 0 saturated carbocycles. The summed E-state index contributed by atoms with van der Waals surface area (Å²) in [7, 11) is 3.55. The molecule has 2 spiro atoms. The highest BCUT2D eigenvalue weighted by atomic mass is 19.1. The molecule has 4 aliphatic heterocycles. The van der Waals surface area contributed by atoms with Gasteiger partial charge in [-0.2, -0.15) is 0 Å². The quantitative estimate of drug-likeness (QED) is 0.438. The first-order chi connectivity index (χ1) is 21.7. The van der Waals surface area contributed by atoms with Crippen LogP contribution in [0.4, 0.5) is 13.6 Å². The number of methoxy groups -OCH3 is 1. The van der Waals surface area contributed by atoms with Crippen molar-refractivity contribution in [3.05, 3.63) is 82.5 Å². The van der Waals surface area contributed by atoms with Crippen molar-refractivity contribution in [1.29, 1.82) is 0 Å². The van der Waals surface area contributed by atoms with Gasteiger partial charge in [-0.3, -0.25) is 0 Å². The van der Waals surface area contributed by atoms with E-state index in [2.05, 4.69) is 18.0 Å². The Labute approximate surface area is 259 Å². The second kappa shape index (κ2) is 9.30. The molecular formula is C35H36F2N2O6. The predicted octanol–water partition coefficient (Wildman–Crippen LogP) is 3.40. The smallest absolute Gasteiger partial charge is 0.409 e. The Hall–Kier alpha value is -3.47. The van der Waals surface area contributed by atoms with Crippen molar-refractivity contribution in [1.82, 2.24) is 9.80 Å². The maximum Gasteiger partial charge on any atom is 0.409 e. The summed E-state index contributed by atoms with van der Waals surface area (Å²) in [6, 6.07) is 6.98. The van der Waals surface area contributed by atoms with Gasteiger partial charge in [-0.25, -0.2) is 13.6 Å². The van der Waals surface area contributed by atoms with Gasteiger partial charge in [0.1, 0.15) is 24.4 Å². The highest BCUT2D eigenvalue weighted by Crippen LogP contribution is 2.62. The number of likely N-dealkylation sites (N-methyl/N-ethyl adjacent to an activating group) is 1. The van der Waals surface area contributed by atoms with Crippen LogP contribution in [0.2, 0.25) is 0 Å². The fourth-order valence-electron chi connectivity index (χ4n) is 10.6. The number of aliphatic hydroxyl groups excluding tert-OH is 2. The molecule has 10 heteroatoms. The first-order valence-electron chi connectivity index (χ1n) is 16.0. The molecule has 2 N–H and O–H groups in total. The summed E-state index contributed by atoms with van der Waals surface area (Å²) in [5.74, 6) is 0.316. The lowest BCUT2D eigenvalue weighted by molar-refractivity contribution is -0.0473. The van der Waals surface area contributed by atoms with Gasteiger partial charge < -0.3 is 34.2 Å². The molecule has 2 unspecified atom stereocenters. The number of hydrogen-bond donors (Lipinski definition) is 2. The number of carbonyl (C=O) groups is 1. The molecule has 4 bridgehead atoms. The van der Waals surface area contributed by atoms with Crippen LogP contribution in [0.5, 0.6) is 11.5 Å². The lowest BCUT2D eigenvalue weighted by Gasteiger charge is -2.56. The van der Waals surface area contributed by atoms with Crippen molar-refractivity contribution in [3.8, 4) is 11.5 Å². The van der Waals surface area contributed by atoms with Gasteiger partial charge in [-0.15, -0.1) is 0 Å². The van der Waals surface area contributed by atoms with Crippen molar-refractivity contribution in [3.63, 3.8) is 0 Å². The third kappa shape index (κ3) is 3.32. The van der Waals surface area contributed by atoms with Crippen molar-refractivity contribution in [2.24, 2.45) is 11.8 Å². The van der Waals surface area contributed by atoms with Crippen molar-refractivity contribution < 1.29 is 38.0 Å². The standard InChI is InChI=1S/C18H18FNO4.C17H18FNO2/c1-23-17(22)20-7-6-18-10-3-5-13(21)16(18)24-15-11(19)4-2-9(14(15)18)8-12(10)20;1-19-7-6-17-10-3-5-13(20)16(17)21-15-11(18)4-2-9(14(15)17)8-12(10)19/h2-5,10,12-13,16,21H,6-8H2,1H3;2-5,10,12-13,16,20H,6-8H2,1H3/t10-,12?,13-,16-,18-;10-,12?,13-,16-,17-/m00/s1. The molecule has 8 nitrogen and oxygen atoms in total. The average Bonchev–Trinajstić information content (AvgIpc) is 3.58. The highest BCUT2D eigenvalue weighted by Gasteiger charge is 2.66. The van der Waals surface area contributed by atoms with Crippen LogP contribution >= 0.6 is 0 Å². The van der Waals surface area contributed by atoms with Crippen LogP contribution in [0.3, 0.4) is 0 Å². The Kier molecular flexibility index (Phi) is 5.75. The molecule has 0 radical (unpaired) electrons. The van der Waals surface area contributed by atoms with Crippen LogP contribution in [0, 0.1) is 23.5 Å². The number of benzene rings is 2. The molecule has 8 aliphatic rings. The number of nitrogens with zero attached hydrogens (tertiary/aromatic N) is 2. The minimum absolute atomic E-state index is 0.00528. The van der Waals surface area contributed by atoms with E-state index in [1.165, 1.54) is 24.8 Å². The second-order valence-corrected chi connectivity index (χ2v) is 14.0. The van der Waals surface area contributed by atoms with Crippen LogP contribution in [-0.4, -0.2) is 89.9 Å². The summed E-state index contributed by atoms with van der Waals surface area (Å²) < 4.78 is 45.5. The molecule has 1 amide bonds. The third-order valence-corrected chi connectivity index (χ3v) is 12.4. The Balaban J connectivity index is 0.000000126. The van der Waals surface area contributed by atoms with E-state index in [-0.39, 0.29) is 47.0 Å². The van der Waals surface area contributed by atoms with E-state index >= 15 is 0 Å². The molecule has 45 heavy (non-hydrogen) atoms. The minimum atomic E-state index is -0.774. The number of piperidine rings is 2. The van der Waals surface area contributed by atoms with Gasteiger partial charge in [0.05, 0.1) is 7.11 Å². The fourth-order valence-corrected chi connectivity index (χ4v) is 10.6. The number of carbonyl (C=O) groups excluding carboxylic acids is 1. The molecule has 10 atom stereocenters. The van der Waals surface area contributed by atoms with E-state index in [0.717, 1.165) is 36.1 Å². The van der Waals surface area contributed by atoms with Crippen molar-refractivity contribution in [2.45, 2.75) is 73.0 Å². The summed E-state index contributed by atoms with van der Waals surface area (Å²) >= 11 is 0. The molecule has 236 valence electrons. The van der Waals surface area contributed by atoms with Crippen molar-refractivity contribution in [2.75, 3.05) is 27.2 Å². The maximum atomic E-state index is 14.4. The van der Waals surface area contributed by atoms with E-state index in [9.17, 15) is 23.8 Å². The zero-order chi connectivity index (χ0) is 31.0. The van der Waals surface area contributed by atoms with E-state index in [0.29, 0.717) is 37.1 Å². The summed E-state index contributed by atoms with van der Waals surface area (Å²) in [4.78, 5) is 16.4. The maximum absolute atomic E-state index is 14.4. The number of aliphatic hydroxyl groups is 2. The van der Waals surface area contributed by atoms with Gasteiger partial charge in [0.2, 0.25) is 0 Å². The lowest BCUT2D eigenvalue weighted by Crippen LogP contribution is -2.66. The van der Waals surface area contributed by atoms with Gasteiger partial charge in [-0.1, -0.05) is 36.4 Å². The number of likely N-dealkylation sites (tertiary alicyclic amines) is 2. The Morgan fingerprint density at radius 3 is 1.89 bits per heavy atom. The summed E-state index contributed by atoms with van der Waals surface area (Å²) in [5, 5.41) is 20.9. The fraction of sp³-hybridized carbons (Fsp3) is 0.514. The number of rotatable bonds is 0. The topological polar surface area (TPSA) is 91.7 Å². The van der Waals surface area contributed by atoms with Crippen molar-refractivity contribution >= 4 is 6.09 Å². The largest absolute Gasteiger partial charge is 0.483 e. The zero-order valence-electron chi connectivity index (χ0n) is 25.2. The van der Waals surface area contributed by atoms with Gasteiger partial charge >= 0.3 is 6.09 Å². The number of halogens is 2. The third-order valence-electron chi connectivity index (χ3n) is 12.4. The lowest BCUT2D eigenvalue weighted by atomic mass is 9.53.